The molecule has 0 spiro atoms. The zero-order valence-electron chi connectivity index (χ0n) is 9.72. The summed E-state index contributed by atoms with van der Waals surface area (Å²) in [6, 6.07) is 5.86. The molecule has 1 aliphatic heterocycles. The molecule has 0 aliphatic carbocycles. The van der Waals surface area contributed by atoms with Gasteiger partial charge < -0.3 is 9.88 Å². The highest BCUT2D eigenvalue weighted by Crippen LogP contribution is 2.01. The molecule has 0 radical (unpaired) electrons. The van der Waals surface area contributed by atoms with E-state index in [4.69, 9.17) is 0 Å². The SMILES string of the molecule is CC1CNCCN1CCn1ccccc1=O. The van der Waals surface area contributed by atoms with Crippen molar-refractivity contribution < 1.29 is 0 Å². The average molecular weight is 221 g/mol. The lowest BCUT2D eigenvalue weighted by atomic mass is 10.2. The smallest absolute Gasteiger partial charge is 0.250 e. The third-order valence-electron chi connectivity index (χ3n) is 3.17. The Bertz CT molecular complexity index is 388. The van der Waals surface area contributed by atoms with Crippen LogP contribution in [0.2, 0.25) is 0 Å². The molecule has 16 heavy (non-hydrogen) atoms. The van der Waals surface area contributed by atoms with Gasteiger partial charge in [-0.25, -0.2) is 0 Å². The highest BCUT2D eigenvalue weighted by atomic mass is 16.1. The molecule has 4 heteroatoms. The van der Waals surface area contributed by atoms with Gasteiger partial charge in [-0.3, -0.25) is 9.69 Å². The fraction of sp³-hybridized carbons (Fsp3) is 0.583. The summed E-state index contributed by atoms with van der Waals surface area (Å²) in [6.07, 6.45) is 1.86. The Labute approximate surface area is 95.9 Å². The molecule has 0 saturated carbocycles. The van der Waals surface area contributed by atoms with Gasteiger partial charge >= 0.3 is 0 Å². The van der Waals surface area contributed by atoms with Crippen LogP contribution in [0.3, 0.4) is 0 Å². The quantitative estimate of drug-likeness (QED) is 0.789. The number of hydrogen-bond acceptors (Lipinski definition) is 3. The highest BCUT2D eigenvalue weighted by Gasteiger charge is 2.16. The number of aromatic nitrogens is 1. The Morgan fingerprint density at radius 2 is 2.31 bits per heavy atom. The summed E-state index contributed by atoms with van der Waals surface area (Å²) in [6.45, 7) is 7.12. The molecule has 2 heterocycles. The number of nitrogens with one attached hydrogen (secondary N) is 1. The fourth-order valence-corrected chi connectivity index (χ4v) is 2.10. The minimum Gasteiger partial charge on any atom is -0.314 e. The highest BCUT2D eigenvalue weighted by molar-refractivity contribution is 4.93. The van der Waals surface area contributed by atoms with E-state index in [1.807, 2.05) is 12.3 Å². The summed E-state index contributed by atoms with van der Waals surface area (Å²) < 4.78 is 1.77. The first kappa shape index (κ1) is 11.4. The van der Waals surface area contributed by atoms with Crippen LogP contribution in [-0.2, 0) is 6.54 Å². The molecule has 0 aromatic carbocycles. The van der Waals surface area contributed by atoms with Gasteiger partial charge in [0.05, 0.1) is 0 Å². The van der Waals surface area contributed by atoms with Crippen LogP contribution in [0.4, 0.5) is 0 Å². The Morgan fingerprint density at radius 3 is 3.06 bits per heavy atom. The van der Waals surface area contributed by atoms with Gasteiger partial charge in [-0.2, -0.15) is 0 Å². The molecular formula is C12H19N3O. The summed E-state index contributed by atoms with van der Waals surface area (Å²) in [4.78, 5) is 13.9. The Kier molecular flexibility index (Phi) is 3.74. The van der Waals surface area contributed by atoms with Crippen LogP contribution in [0.15, 0.2) is 29.2 Å². The molecule has 0 amide bonds. The van der Waals surface area contributed by atoms with E-state index in [9.17, 15) is 4.79 Å². The second-order valence-corrected chi connectivity index (χ2v) is 4.32. The predicted octanol–water partition coefficient (Wildman–Crippen LogP) is 0.142. The van der Waals surface area contributed by atoms with Crippen LogP contribution in [0.25, 0.3) is 0 Å². The molecule has 4 nitrogen and oxygen atoms in total. The molecule has 1 atom stereocenters. The number of nitrogens with zero attached hydrogens (tertiary/aromatic N) is 2. The lowest BCUT2D eigenvalue weighted by Crippen LogP contribution is -2.50. The molecule has 1 N–H and O–H groups in total. The van der Waals surface area contributed by atoms with E-state index < -0.39 is 0 Å². The molecule has 1 aliphatic rings. The van der Waals surface area contributed by atoms with Gasteiger partial charge in [-0.05, 0) is 13.0 Å². The summed E-state index contributed by atoms with van der Waals surface area (Å²) in [5.41, 5.74) is 0.0882. The molecule has 1 aromatic heterocycles. The van der Waals surface area contributed by atoms with E-state index in [0.29, 0.717) is 6.04 Å². The predicted molar refractivity (Wildman–Crippen MR) is 64.6 cm³/mol. The lowest BCUT2D eigenvalue weighted by Gasteiger charge is -2.33. The van der Waals surface area contributed by atoms with Gasteiger partial charge in [-0.15, -0.1) is 0 Å². The Balaban J connectivity index is 1.92. The maximum Gasteiger partial charge on any atom is 0.250 e. The molecular weight excluding hydrogens is 202 g/mol. The second-order valence-electron chi connectivity index (χ2n) is 4.32. The maximum absolute atomic E-state index is 11.5. The standard InChI is InChI=1S/C12H19N3O/c1-11-10-13-5-7-14(11)8-9-15-6-3-2-4-12(15)16/h2-4,6,11,13H,5,7-10H2,1H3. The van der Waals surface area contributed by atoms with Crippen LogP contribution in [0, 0.1) is 0 Å². The Hall–Kier alpha value is -1.13. The first-order valence-electron chi connectivity index (χ1n) is 5.87. The largest absolute Gasteiger partial charge is 0.314 e. The second kappa shape index (κ2) is 5.27. The van der Waals surface area contributed by atoms with Crippen LogP contribution < -0.4 is 10.9 Å². The molecule has 1 fully saturated rings. The average Bonchev–Trinajstić information content (AvgIpc) is 2.30. The number of piperazine rings is 1. The summed E-state index contributed by atoms with van der Waals surface area (Å²) in [7, 11) is 0. The number of pyridine rings is 1. The number of hydrogen-bond donors (Lipinski definition) is 1. The van der Waals surface area contributed by atoms with Crippen LogP contribution >= 0.6 is 0 Å². The minimum atomic E-state index is 0.0882. The van der Waals surface area contributed by atoms with Crippen molar-refractivity contribution in [3.63, 3.8) is 0 Å². The first-order valence-corrected chi connectivity index (χ1v) is 5.87. The van der Waals surface area contributed by atoms with Gasteiger partial charge in [0, 0.05) is 51.0 Å². The van der Waals surface area contributed by atoms with E-state index in [0.717, 1.165) is 32.7 Å². The van der Waals surface area contributed by atoms with Crippen molar-refractivity contribution in [1.29, 1.82) is 0 Å². The van der Waals surface area contributed by atoms with Gasteiger partial charge in [0.2, 0.25) is 0 Å². The van der Waals surface area contributed by atoms with E-state index in [2.05, 4.69) is 17.1 Å². The van der Waals surface area contributed by atoms with Gasteiger partial charge in [0.1, 0.15) is 0 Å². The van der Waals surface area contributed by atoms with E-state index in [-0.39, 0.29) is 5.56 Å². The third-order valence-corrected chi connectivity index (χ3v) is 3.17. The van der Waals surface area contributed by atoms with E-state index in [1.165, 1.54) is 0 Å². The first-order chi connectivity index (χ1) is 7.77. The number of rotatable bonds is 3. The zero-order valence-corrected chi connectivity index (χ0v) is 9.72. The molecule has 2 rings (SSSR count). The van der Waals surface area contributed by atoms with Crippen LogP contribution in [0.1, 0.15) is 6.92 Å². The zero-order chi connectivity index (χ0) is 11.4. The molecule has 0 bridgehead atoms. The van der Waals surface area contributed by atoms with E-state index >= 15 is 0 Å². The molecule has 88 valence electrons. The summed E-state index contributed by atoms with van der Waals surface area (Å²) in [5.74, 6) is 0. The topological polar surface area (TPSA) is 37.3 Å². The van der Waals surface area contributed by atoms with Crippen molar-refractivity contribution >= 4 is 0 Å². The lowest BCUT2D eigenvalue weighted by molar-refractivity contribution is 0.167. The minimum absolute atomic E-state index is 0.0882. The normalized spacial score (nSPS) is 22.2. The monoisotopic (exact) mass is 221 g/mol. The van der Waals surface area contributed by atoms with Gasteiger partial charge in [0.25, 0.3) is 5.56 Å². The van der Waals surface area contributed by atoms with E-state index in [1.54, 1.807) is 16.7 Å². The van der Waals surface area contributed by atoms with Crippen molar-refractivity contribution in [3.8, 4) is 0 Å². The fourth-order valence-electron chi connectivity index (χ4n) is 2.10. The van der Waals surface area contributed by atoms with Crippen molar-refractivity contribution in [2.24, 2.45) is 0 Å². The van der Waals surface area contributed by atoms with Gasteiger partial charge in [-0.1, -0.05) is 6.07 Å². The molecule has 1 aromatic rings. The van der Waals surface area contributed by atoms with Gasteiger partial charge in [0.15, 0.2) is 0 Å². The molecule has 1 saturated heterocycles. The van der Waals surface area contributed by atoms with Crippen LogP contribution in [0.5, 0.6) is 0 Å². The third kappa shape index (κ3) is 2.71. The van der Waals surface area contributed by atoms with Crippen molar-refractivity contribution in [2.75, 3.05) is 26.2 Å². The van der Waals surface area contributed by atoms with Crippen LogP contribution in [-0.4, -0.2) is 41.7 Å². The Morgan fingerprint density at radius 1 is 1.44 bits per heavy atom. The van der Waals surface area contributed by atoms with Crippen molar-refractivity contribution in [1.82, 2.24) is 14.8 Å². The van der Waals surface area contributed by atoms with Crippen molar-refractivity contribution in [2.45, 2.75) is 19.5 Å². The summed E-state index contributed by atoms with van der Waals surface area (Å²) >= 11 is 0. The van der Waals surface area contributed by atoms with Crippen molar-refractivity contribution in [3.05, 3.63) is 34.7 Å². The molecule has 1 unspecified atom stereocenters. The summed E-state index contributed by atoms with van der Waals surface area (Å²) in [5, 5.41) is 3.36. The maximum atomic E-state index is 11.5.